The van der Waals surface area contributed by atoms with E-state index in [1.807, 2.05) is 0 Å². The van der Waals surface area contributed by atoms with Crippen LogP contribution in [0.4, 0.5) is 10.1 Å². The highest BCUT2D eigenvalue weighted by Gasteiger charge is 2.52. The topological polar surface area (TPSA) is 92.4 Å². The summed E-state index contributed by atoms with van der Waals surface area (Å²) in [7, 11) is 0. The minimum atomic E-state index is -1.09. The van der Waals surface area contributed by atoms with Gasteiger partial charge in [-0.1, -0.05) is 0 Å². The minimum Gasteiger partial charge on any atom is -0.481 e. The van der Waals surface area contributed by atoms with Gasteiger partial charge in [0.25, 0.3) is 0 Å². The molecule has 1 aliphatic carbocycles. The molecule has 5 nitrogen and oxygen atoms in total. The number of nitrogens with one attached hydrogen (secondary N) is 1. The van der Waals surface area contributed by atoms with Crippen molar-refractivity contribution in [2.75, 3.05) is 5.32 Å². The Kier molecular flexibility index (Phi) is 3.18. The SMILES string of the molecule is Cc1cc(F)cc(NC2(C(N)=O)CC(C(=O)O)C2)c1. The number of halogens is 1. The maximum Gasteiger partial charge on any atom is 0.306 e. The smallest absolute Gasteiger partial charge is 0.306 e. The first-order valence-corrected chi connectivity index (χ1v) is 5.90. The van der Waals surface area contributed by atoms with Gasteiger partial charge in [0.1, 0.15) is 11.4 Å². The van der Waals surface area contributed by atoms with Gasteiger partial charge >= 0.3 is 5.97 Å². The number of hydrogen-bond donors (Lipinski definition) is 3. The monoisotopic (exact) mass is 266 g/mol. The molecule has 19 heavy (non-hydrogen) atoms. The number of primary amides is 1. The Hall–Kier alpha value is -2.11. The zero-order chi connectivity index (χ0) is 14.2. The molecule has 0 aromatic heterocycles. The van der Waals surface area contributed by atoms with Crippen molar-refractivity contribution in [2.45, 2.75) is 25.3 Å². The van der Waals surface area contributed by atoms with Crippen LogP contribution in [0.15, 0.2) is 18.2 Å². The van der Waals surface area contributed by atoms with Crippen LogP contribution in [0.1, 0.15) is 18.4 Å². The molecule has 0 saturated heterocycles. The Balaban J connectivity index is 2.19. The van der Waals surface area contributed by atoms with Crippen molar-refractivity contribution in [1.29, 1.82) is 0 Å². The van der Waals surface area contributed by atoms with Crippen molar-refractivity contribution in [2.24, 2.45) is 11.7 Å². The molecule has 4 N–H and O–H groups in total. The number of amides is 1. The molecule has 2 rings (SSSR count). The fraction of sp³-hybridized carbons (Fsp3) is 0.385. The summed E-state index contributed by atoms with van der Waals surface area (Å²) >= 11 is 0. The Morgan fingerprint density at radius 3 is 2.53 bits per heavy atom. The maximum atomic E-state index is 13.3. The van der Waals surface area contributed by atoms with Crippen LogP contribution in [0.25, 0.3) is 0 Å². The number of aryl methyl sites for hydroxylation is 1. The number of carboxylic acids is 1. The number of carboxylic acid groups (broad SMARTS) is 1. The Labute approximate surface area is 109 Å². The van der Waals surface area contributed by atoms with Gasteiger partial charge in [0.15, 0.2) is 0 Å². The van der Waals surface area contributed by atoms with Gasteiger partial charge in [0, 0.05) is 5.69 Å². The van der Waals surface area contributed by atoms with Crippen molar-refractivity contribution in [1.82, 2.24) is 0 Å². The van der Waals surface area contributed by atoms with Gasteiger partial charge in [-0.2, -0.15) is 0 Å². The molecule has 1 aromatic carbocycles. The van der Waals surface area contributed by atoms with E-state index in [0.29, 0.717) is 11.3 Å². The predicted octanol–water partition coefficient (Wildman–Crippen LogP) is 1.26. The number of carbonyl (C=O) groups excluding carboxylic acids is 1. The standard InChI is InChI=1S/C13H15FN2O3/c1-7-2-9(14)4-10(3-7)16-13(12(15)19)5-8(6-13)11(17)18/h2-4,8,16H,5-6H2,1H3,(H2,15,19)(H,17,18). The number of anilines is 1. The number of benzene rings is 1. The third-order valence-corrected chi connectivity index (χ3v) is 3.44. The molecule has 0 radical (unpaired) electrons. The Bertz CT molecular complexity index is 518. The fourth-order valence-electron chi connectivity index (χ4n) is 2.41. The highest BCUT2D eigenvalue weighted by molar-refractivity contribution is 5.91. The summed E-state index contributed by atoms with van der Waals surface area (Å²) in [6, 6.07) is 4.30. The number of carbonyl (C=O) groups is 2. The molecular weight excluding hydrogens is 251 g/mol. The van der Waals surface area contributed by atoms with Crippen LogP contribution in [0, 0.1) is 18.7 Å². The zero-order valence-electron chi connectivity index (χ0n) is 10.4. The van der Waals surface area contributed by atoms with Gasteiger partial charge < -0.3 is 16.2 Å². The van der Waals surface area contributed by atoms with Crippen molar-refractivity contribution >= 4 is 17.6 Å². The van der Waals surface area contributed by atoms with Crippen LogP contribution in [0.2, 0.25) is 0 Å². The molecule has 1 aromatic rings. The summed E-state index contributed by atoms with van der Waals surface area (Å²) in [6.07, 6.45) is 0.237. The lowest BCUT2D eigenvalue weighted by atomic mass is 9.67. The Morgan fingerprint density at radius 1 is 1.42 bits per heavy atom. The van der Waals surface area contributed by atoms with E-state index in [0.717, 1.165) is 0 Å². The molecule has 0 aliphatic heterocycles. The van der Waals surface area contributed by atoms with E-state index in [2.05, 4.69) is 5.32 Å². The molecule has 0 unspecified atom stereocenters. The predicted molar refractivity (Wildman–Crippen MR) is 67.0 cm³/mol. The van der Waals surface area contributed by atoms with Crippen LogP contribution in [0.5, 0.6) is 0 Å². The van der Waals surface area contributed by atoms with E-state index in [1.165, 1.54) is 12.1 Å². The van der Waals surface area contributed by atoms with E-state index in [4.69, 9.17) is 10.8 Å². The molecule has 0 spiro atoms. The molecule has 0 atom stereocenters. The van der Waals surface area contributed by atoms with Crippen molar-refractivity contribution in [3.05, 3.63) is 29.6 Å². The fourth-order valence-corrected chi connectivity index (χ4v) is 2.41. The zero-order valence-corrected chi connectivity index (χ0v) is 10.4. The lowest BCUT2D eigenvalue weighted by Gasteiger charge is -2.44. The molecule has 102 valence electrons. The van der Waals surface area contributed by atoms with Crippen molar-refractivity contribution < 1.29 is 19.1 Å². The third kappa shape index (κ3) is 2.52. The molecule has 1 aliphatic rings. The molecule has 1 fully saturated rings. The van der Waals surface area contributed by atoms with Crippen molar-refractivity contribution in [3.8, 4) is 0 Å². The summed E-state index contributed by atoms with van der Waals surface area (Å²) in [5, 5.41) is 11.7. The lowest BCUT2D eigenvalue weighted by Crippen LogP contribution is -2.60. The summed E-state index contributed by atoms with van der Waals surface area (Å²) in [5.74, 6) is -2.58. The lowest BCUT2D eigenvalue weighted by molar-refractivity contribution is -0.148. The normalized spacial score (nSPS) is 25.5. The second kappa shape index (κ2) is 4.53. The average Bonchev–Trinajstić information content (AvgIpc) is 2.20. The van der Waals surface area contributed by atoms with Crippen LogP contribution in [-0.4, -0.2) is 22.5 Å². The van der Waals surface area contributed by atoms with Crippen LogP contribution < -0.4 is 11.1 Å². The van der Waals surface area contributed by atoms with E-state index < -0.39 is 29.2 Å². The number of hydrogen-bond acceptors (Lipinski definition) is 3. The summed E-state index contributed by atoms with van der Waals surface area (Å²) < 4.78 is 13.3. The van der Waals surface area contributed by atoms with Gasteiger partial charge in [-0.15, -0.1) is 0 Å². The second-order valence-corrected chi connectivity index (χ2v) is 5.03. The van der Waals surface area contributed by atoms with Crippen LogP contribution in [0.3, 0.4) is 0 Å². The number of nitrogens with two attached hydrogens (primary N) is 1. The van der Waals surface area contributed by atoms with E-state index >= 15 is 0 Å². The van der Waals surface area contributed by atoms with Gasteiger partial charge in [-0.25, -0.2) is 4.39 Å². The average molecular weight is 266 g/mol. The van der Waals surface area contributed by atoms with E-state index in [9.17, 15) is 14.0 Å². The van der Waals surface area contributed by atoms with Gasteiger partial charge in [-0.05, 0) is 43.5 Å². The quantitative estimate of drug-likeness (QED) is 0.765. The third-order valence-electron chi connectivity index (χ3n) is 3.44. The van der Waals surface area contributed by atoms with E-state index in [-0.39, 0.29) is 12.8 Å². The van der Waals surface area contributed by atoms with Crippen molar-refractivity contribution in [3.63, 3.8) is 0 Å². The highest BCUT2D eigenvalue weighted by atomic mass is 19.1. The molecule has 1 amide bonds. The Morgan fingerprint density at radius 2 is 2.05 bits per heavy atom. The molecular formula is C13H15FN2O3. The minimum absolute atomic E-state index is 0.118. The number of aliphatic carboxylic acids is 1. The maximum absolute atomic E-state index is 13.3. The first-order chi connectivity index (χ1) is 8.82. The largest absolute Gasteiger partial charge is 0.481 e. The van der Waals surface area contributed by atoms with Crippen LogP contribution >= 0.6 is 0 Å². The molecule has 0 heterocycles. The van der Waals surface area contributed by atoms with Gasteiger partial charge in [0.05, 0.1) is 5.92 Å². The van der Waals surface area contributed by atoms with Crippen LogP contribution in [-0.2, 0) is 9.59 Å². The van der Waals surface area contributed by atoms with Gasteiger partial charge in [-0.3, -0.25) is 9.59 Å². The first-order valence-electron chi connectivity index (χ1n) is 5.90. The second-order valence-electron chi connectivity index (χ2n) is 5.03. The summed E-state index contributed by atoms with van der Waals surface area (Å²) in [6.45, 7) is 1.73. The molecule has 1 saturated carbocycles. The summed E-state index contributed by atoms with van der Waals surface area (Å²) in [4.78, 5) is 22.3. The molecule has 0 bridgehead atoms. The molecule has 6 heteroatoms. The highest BCUT2D eigenvalue weighted by Crippen LogP contribution is 2.40. The first kappa shape index (κ1) is 13.3. The number of rotatable bonds is 4. The summed E-state index contributed by atoms with van der Waals surface area (Å²) in [5.41, 5.74) is 5.37. The van der Waals surface area contributed by atoms with E-state index in [1.54, 1.807) is 13.0 Å². The van der Waals surface area contributed by atoms with Gasteiger partial charge in [0.2, 0.25) is 5.91 Å².